The Morgan fingerprint density at radius 2 is 2.00 bits per heavy atom. The molecule has 1 N–H and O–H groups in total. The van der Waals surface area contributed by atoms with E-state index >= 15 is 0 Å². The Morgan fingerprint density at radius 3 is 2.63 bits per heavy atom. The van der Waals surface area contributed by atoms with Crippen molar-refractivity contribution in [2.45, 2.75) is 25.5 Å². The number of methoxy groups -OCH3 is 2. The minimum Gasteiger partial charge on any atom is -0.496 e. The summed E-state index contributed by atoms with van der Waals surface area (Å²) in [4.78, 5) is 26.7. The first kappa shape index (κ1) is 21.9. The molecule has 0 aliphatic carbocycles. The summed E-state index contributed by atoms with van der Waals surface area (Å²) in [7, 11) is 2.71. The third-order valence-electron chi connectivity index (χ3n) is 4.89. The number of carbonyl (C=O) groups is 2. The van der Waals surface area contributed by atoms with Crippen LogP contribution in [0.3, 0.4) is 0 Å². The van der Waals surface area contributed by atoms with Gasteiger partial charge in [0.2, 0.25) is 0 Å². The quantitative estimate of drug-likeness (QED) is 0.658. The highest BCUT2D eigenvalue weighted by atomic mass is 35.5. The molecule has 7 nitrogen and oxygen atoms in total. The molecule has 30 heavy (non-hydrogen) atoms. The molecule has 1 fully saturated rings. The largest absolute Gasteiger partial charge is 0.496 e. The monoisotopic (exact) mass is 432 g/mol. The van der Waals surface area contributed by atoms with Crippen molar-refractivity contribution in [3.63, 3.8) is 0 Å². The molecule has 3 rings (SSSR count). The van der Waals surface area contributed by atoms with Crippen LogP contribution in [0.5, 0.6) is 5.75 Å². The van der Waals surface area contributed by atoms with Gasteiger partial charge in [-0.05, 0) is 24.5 Å². The molecule has 1 aliphatic rings. The van der Waals surface area contributed by atoms with Gasteiger partial charge in [-0.1, -0.05) is 41.9 Å². The van der Waals surface area contributed by atoms with Gasteiger partial charge >= 0.3 is 12.0 Å². The molecular weight excluding hydrogens is 408 g/mol. The summed E-state index contributed by atoms with van der Waals surface area (Å²) in [5.41, 5.74) is 1.54. The van der Waals surface area contributed by atoms with Gasteiger partial charge < -0.3 is 24.4 Å². The topological polar surface area (TPSA) is 77.1 Å². The second-order valence-corrected chi connectivity index (χ2v) is 7.36. The van der Waals surface area contributed by atoms with Gasteiger partial charge in [0.05, 0.1) is 31.0 Å². The Morgan fingerprint density at radius 1 is 1.23 bits per heavy atom. The molecule has 0 spiro atoms. The standard InChI is InChI=1S/C22H25ClN2O5/c1-28-20-12-19(18(23)11-17(20)21(26)29-2)24-22(27)25(14-16-9-6-10-30-16)13-15-7-4-3-5-8-15/h3-5,7-8,11-12,16H,6,9-10,13-14H2,1-2H3,(H,24,27). The van der Waals surface area contributed by atoms with E-state index in [0.29, 0.717) is 25.4 Å². The summed E-state index contributed by atoms with van der Waals surface area (Å²) < 4.78 is 15.7. The zero-order valence-corrected chi connectivity index (χ0v) is 17.8. The number of urea groups is 1. The Kier molecular flexibility index (Phi) is 7.54. The second kappa shape index (κ2) is 10.3. The summed E-state index contributed by atoms with van der Waals surface area (Å²) in [6, 6.07) is 12.4. The van der Waals surface area contributed by atoms with Crippen molar-refractivity contribution in [3.8, 4) is 5.75 Å². The highest BCUT2D eigenvalue weighted by Gasteiger charge is 2.24. The lowest BCUT2D eigenvalue weighted by Crippen LogP contribution is -2.39. The number of nitrogens with one attached hydrogen (secondary N) is 1. The summed E-state index contributed by atoms with van der Waals surface area (Å²) in [5.74, 6) is -0.314. The van der Waals surface area contributed by atoms with Crippen molar-refractivity contribution in [2.24, 2.45) is 0 Å². The summed E-state index contributed by atoms with van der Waals surface area (Å²) in [6.45, 7) is 1.61. The maximum atomic E-state index is 13.1. The van der Waals surface area contributed by atoms with Crippen molar-refractivity contribution in [2.75, 3.05) is 32.7 Å². The highest BCUT2D eigenvalue weighted by molar-refractivity contribution is 6.34. The van der Waals surface area contributed by atoms with E-state index in [-0.39, 0.29) is 28.5 Å². The van der Waals surface area contributed by atoms with Crippen LogP contribution in [-0.4, -0.2) is 50.4 Å². The Labute approximate surface area is 180 Å². The fraction of sp³-hybridized carbons (Fsp3) is 0.364. The fourth-order valence-electron chi connectivity index (χ4n) is 3.34. The number of ether oxygens (including phenoxy) is 3. The molecule has 0 radical (unpaired) electrons. The molecule has 8 heteroatoms. The average Bonchev–Trinajstić information content (AvgIpc) is 3.27. The first-order valence-electron chi connectivity index (χ1n) is 9.69. The predicted octanol–water partition coefficient (Wildman–Crippen LogP) is 4.35. The number of benzene rings is 2. The van der Waals surface area contributed by atoms with Gasteiger partial charge in [0, 0.05) is 25.8 Å². The van der Waals surface area contributed by atoms with Crippen LogP contribution in [0.15, 0.2) is 42.5 Å². The lowest BCUT2D eigenvalue weighted by Gasteiger charge is -2.26. The van der Waals surface area contributed by atoms with E-state index < -0.39 is 5.97 Å². The smallest absolute Gasteiger partial charge is 0.341 e. The summed E-state index contributed by atoms with van der Waals surface area (Å²) in [6.07, 6.45) is 1.91. The number of anilines is 1. The van der Waals surface area contributed by atoms with Crippen molar-refractivity contribution < 1.29 is 23.8 Å². The van der Waals surface area contributed by atoms with Gasteiger partial charge in [-0.2, -0.15) is 0 Å². The van der Waals surface area contributed by atoms with Crippen molar-refractivity contribution >= 4 is 29.3 Å². The van der Waals surface area contributed by atoms with Crippen LogP contribution in [0.2, 0.25) is 5.02 Å². The molecule has 1 saturated heterocycles. The molecule has 2 aromatic rings. The highest BCUT2D eigenvalue weighted by Crippen LogP contribution is 2.32. The predicted molar refractivity (Wildman–Crippen MR) is 114 cm³/mol. The molecule has 0 saturated carbocycles. The van der Waals surface area contributed by atoms with E-state index in [1.165, 1.54) is 26.4 Å². The van der Waals surface area contributed by atoms with Gasteiger partial charge in [0.15, 0.2) is 0 Å². The van der Waals surface area contributed by atoms with E-state index in [4.69, 9.17) is 25.8 Å². The van der Waals surface area contributed by atoms with Gasteiger partial charge in [-0.15, -0.1) is 0 Å². The number of amides is 2. The maximum Gasteiger partial charge on any atom is 0.341 e. The van der Waals surface area contributed by atoms with E-state index in [2.05, 4.69) is 5.32 Å². The first-order chi connectivity index (χ1) is 14.5. The molecule has 1 aliphatic heterocycles. The van der Waals surface area contributed by atoms with E-state index in [1.54, 1.807) is 4.90 Å². The summed E-state index contributed by atoms with van der Waals surface area (Å²) in [5, 5.41) is 3.04. The number of carbonyl (C=O) groups excluding carboxylic acids is 2. The zero-order valence-electron chi connectivity index (χ0n) is 17.0. The summed E-state index contributed by atoms with van der Waals surface area (Å²) >= 11 is 6.32. The van der Waals surface area contributed by atoms with Gasteiger partial charge in [-0.3, -0.25) is 0 Å². The molecule has 2 amide bonds. The third kappa shape index (κ3) is 5.43. The molecule has 0 aromatic heterocycles. The number of rotatable bonds is 7. The number of esters is 1. The van der Waals surface area contributed by atoms with Gasteiger partial charge in [-0.25, -0.2) is 9.59 Å². The lowest BCUT2D eigenvalue weighted by atomic mass is 10.1. The van der Waals surface area contributed by atoms with Crippen molar-refractivity contribution in [1.82, 2.24) is 4.90 Å². The molecule has 1 atom stereocenters. The van der Waals surface area contributed by atoms with Gasteiger partial charge in [0.25, 0.3) is 0 Å². The van der Waals surface area contributed by atoms with Crippen LogP contribution in [0.1, 0.15) is 28.8 Å². The normalized spacial score (nSPS) is 15.5. The van der Waals surface area contributed by atoms with Crippen LogP contribution in [-0.2, 0) is 16.0 Å². The van der Waals surface area contributed by atoms with Crippen LogP contribution in [0.25, 0.3) is 0 Å². The number of hydrogen-bond acceptors (Lipinski definition) is 5. The molecule has 160 valence electrons. The molecular formula is C22H25ClN2O5. The van der Waals surface area contributed by atoms with Crippen LogP contribution >= 0.6 is 11.6 Å². The minimum absolute atomic E-state index is 0.00571. The van der Waals surface area contributed by atoms with E-state index in [0.717, 1.165) is 18.4 Å². The first-order valence-corrected chi connectivity index (χ1v) is 10.1. The zero-order chi connectivity index (χ0) is 21.5. The van der Waals surface area contributed by atoms with Crippen molar-refractivity contribution in [3.05, 3.63) is 58.6 Å². The molecule has 0 bridgehead atoms. The lowest BCUT2D eigenvalue weighted by molar-refractivity contribution is 0.0597. The Bertz CT molecular complexity index is 885. The Hall–Kier alpha value is -2.77. The van der Waals surface area contributed by atoms with Crippen LogP contribution in [0, 0.1) is 0 Å². The van der Waals surface area contributed by atoms with Crippen molar-refractivity contribution in [1.29, 1.82) is 0 Å². The fourth-order valence-corrected chi connectivity index (χ4v) is 3.55. The average molecular weight is 433 g/mol. The maximum absolute atomic E-state index is 13.1. The minimum atomic E-state index is -0.573. The van der Waals surface area contributed by atoms with Crippen LogP contribution < -0.4 is 10.1 Å². The number of hydrogen-bond donors (Lipinski definition) is 1. The number of halogens is 1. The third-order valence-corrected chi connectivity index (χ3v) is 5.20. The molecule has 1 heterocycles. The van der Waals surface area contributed by atoms with Gasteiger partial charge in [0.1, 0.15) is 11.3 Å². The van der Waals surface area contributed by atoms with E-state index in [9.17, 15) is 9.59 Å². The second-order valence-electron chi connectivity index (χ2n) is 6.96. The van der Waals surface area contributed by atoms with Crippen LogP contribution in [0.4, 0.5) is 10.5 Å². The SMILES string of the molecule is COC(=O)c1cc(Cl)c(NC(=O)N(Cc2ccccc2)CC2CCCO2)cc1OC. The Balaban J connectivity index is 1.81. The molecule has 1 unspecified atom stereocenters. The number of nitrogens with zero attached hydrogens (tertiary/aromatic N) is 1. The molecule has 2 aromatic carbocycles. The van der Waals surface area contributed by atoms with E-state index in [1.807, 2.05) is 30.3 Å².